The van der Waals surface area contributed by atoms with Crippen LogP contribution in [-0.4, -0.2) is 26.9 Å². The smallest absolute Gasteiger partial charge is 0.205 e. The van der Waals surface area contributed by atoms with Crippen LogP contribution in [0.1, 0.15) is 5.89 Å². The zero-order valence-electron chi connectivity index (χ0n) is 17.7. The number of para-hydroxylation sites is 1. The number of rotatable bonds is 7. The minimum Gasteiger partial charge on any atom is -0.497 e. The first-order valence-electron chi connectivity index (χ1n) is 10.2. The predicted octanol–water partition coefficient (Wildman–Crippen LogP) is 6.54. The molecule has 0 radical (unpaired) electrons. The molecule has 3 aromatic carbocycles. The van der Waals surface area contributed by atoms with Gasteiger partial charge in [0.2, 0.25) is 5.89 Å². The Bertz CT molecular complexity index is 1350. The van der Waals surface area contributed by atoms with Crippen LogP contribution in [0.2, 0.25) is 5.02 Å². The average molecular weight is 475 g/mol. The summed E-state index contributed by atoms with van der Waals surface area (Å²) in [6.07, 6.45) is 1.73. The van der Waals surface area contributed by atoms with Gasteiger partial charge in [0.25, 0.3) is 0 Å². The molecule has 0 fully saturated rings. The number of hydrogen-bond acceptors (Lipinski definition) is 6. The van der Waals surface area contributed by atoms with Gasteiger partial charge >= 0.3 is 0 Å². The second kappa shape index (κ2) is 9.52. The highest BCUT2D eigenvalue weighted by Gasteiger charge is 2.17. The maximum absolute atomic E-state index is 5.98. The average Bonchev–Trinajstić information content (AvgIpc) is 3.51. The lowest BCUT2D eigenvalue weighted by molar-refractivity contribution is 0.415. The first-order chi connectivity index (χ1) is 16.2. The third-order valence-corrected chi connectivity index (χ3v) is 6.17. The summed E-state index contributed by atoms with van der Waals surface area (Å²) in [6, 6.07) is 25.3. The van der Waals surface area contributed by atoms with Gasteiger partial charge < -0.3 is 9.15 Å². The molecule has 2 aromatic heterocycles. The number of nitrogens with zero attached hydrogens (tertiary/aromatic N) is 4. The van der Waals surface area contributed by atoms with Gasteiger partial charge in [-0.15, -0.1) is 10.2 Å². The van der Waals surface area contributed by atoms with E-state index in [2.05, 4.69) is 15.2 Å². The summed E-state index contributed by atoms with van der Waals surface area (Å²) in [6.45, 7) is 0. The SMILES string of the molecule is COc1ccc(-c2nnc(SCc3ncc(-c4ccc(Cl)cc4)o3)n2-c2ccccc2)cc1. The van der Waals surface area contributed by atoms with Gasteiger partial charge in [-0.3, -0.25) is 4.57 Å². The fourth-order valence-corrected chi connectivity index (χ4v) is 4.28. The third-order valence-electron chi connectivity index (χ3n) is 5.00. The first kappa shape index (κ1) is 21.3. The van der Waals surface area contributed by atoms with Crippen LogP contribution >= 0.6 is 23.4 Å². The quantitative estimate of drug-likeness (QED) is 0.249. The Labute approximate surface area is 200 Å². The van der Waals surface area contributed by atoms with Crippen molar-refractivity contribution in [3.63, 3.8) is 0 Å². The lowest BCUT2D eigenvalue weighted by Crippen LogP contribution is -1.99. The maximum atomic E-state index is 5.98. The third kappa shape index (κ3) is 4.65. The summed E-state index contributed by atoms with van der Waals surface area (Å²) in [5.41, 5.74) is 2.85. The van der Waals surface area contributed by atoms with Crippen molar-refractivity contribution in [3.8, 4) is 34.1 Å². The monoisotopic (exact) mass is 474 g/mol. The lowest BCUT2D eigenvalue weighted by atomic mass is 10.2. The van der Waals surface area contributed by atoms with E-state index in [1.807, 2.05) is 83.4 Å². The Balaban J connectivity index is 1.42. The van der Waals surface area contributed by atoms with E-state index in [1.165, 1.54) is 11.8 Å². The number of aromatic nitrogens is 4. The molecular weight excluding hydrogens is 456 g/mol. The van der Waals surface area contributed by atoms with Gasteiger partial charge in [-0.1, -0.05) is 41.6 Å². The molecule has 0 amide bonds. The molecule has 0 saturated carbocycles. The van der Waals surface area contributed by atoms with Crippen molar-refractivity contribution >= 4 is 23.4 Å². The summed E-state index contributed by atoms with van der Waals surface area (Å²) < 4.78 is 13.3. The molecule has 0 N–H and O–H groups in total. The molecule has 33 heavy (non-hydrogen) atoms. The van der Waals surface area contributed by atoms with Gasteiger partial charge in [-0.25, -0.2) is 4.98 Å². The van der Waals surface area contributed by atoms with Crippen molar-refractivity contribution < 1.29 is 9.15 Å². The minimum atomic E-state index is 0.515. The van der Waals surface area contributed by atoms with Gasteiger partial charge in [0.1, 0.15) is 5.75 Å². The molecule has 0 aliphatic heterocycles. The van der Waals surface area contributed by atoms with Crippen LogP contribution in [0.5, 0.6) is 5.75 Å². The Kier molecular flexibility index (Phi) is 6.15. The first-order valence-corrected chi connectivity index (χ1v) is 11.6. The van der Waals surface area contributed by atoms with Gasteiger partial charge in [0, 0.05) is 21.8 Å². The number of oxazole rings is 1. The maximum Gasteiger partial charge on any atom is 0.205 e. The molecule has 0 unspecified atom stereocenters. The molecule has 0 aliphatic carbocycles. The van der Waals surface area contributed by atoms with Gasteiger partial charge in [-0.05, 0) is 60.7 Å². The Morgan fingerprint density at radius 1 is 0.909 bits per heavy atom. The van der Waals surface area contributed by atoms with E-state index in [-0.39, 0.29) is 0 Å². The summed E-state index contributed by atoms with van der Waals surface area (Å²) in [5.74, 6) is 3.37. The van der Waals surface area contributed by atoms with E-state index in [0.29, 0.717) is 22.4 Å². The molecule has 0 bridgehead atoms. The fourth-order valence-electron chi connectivity index (χ4n) is 3.35. The van der Waals surface area contributed by atoms with Crippen LogP contribution in [-0.2, 0) is 5.75 Å². The molecule has 2 heterocycles. The van der Waals surface area contributed by atoms with E-state index in [0.717, 1.165) is 33.5 Å². The van der Waals surface area contributed by atoms with Crippen molar-refractivity contribution in [2.75, 3.05) is 7.11 Å². The zero-order chi connectivity index (χ0) is 22.6. The second-order valence-electron chi connectivity index (χ2n) is 7.12. The number of ether oxygens (including phenoxy) is 1. The molecule has 0 spiro atoms. The number of thioether (sulfide) groups is 1. The summed E-state index contributed by atoms with van der Waals surface area (Å²) in [5, 5.41) is 10.4. The normalized spacial score (nSPS) is 11.0. The molecule has 6 nitrogen and oxygen atoms in total. The zero-order valence-corrected chi connectivity index (χ0v) is 19.3. The highest BCUT2D eigenvalue weighted by Crippen LogP contribution is 2.31. The lowest BCUT2D eigenvalue weighted by Gasteiger charge is -2.10. The molecule has 0 saturated heterocycles. The Hall–Kier alpha value is -3.55. The van der Waals surface area contributed by atoms with Gasteiger partial charge in [0.15, 0.2) is 16.7 Å². The van der Waals surface area contributed by atoms with Crippen molar-refractivity contribution in [2.24, 2.45) is 0 Å². The predicted molar refractivity (Wildman–Crippen MR) is 130 cm³/mol. The standard InChI is InChI=1S/C25H19ClN4O2S/c1-31-21-13-9-18(10-14-21)24-28-29-25(30(24)20-5-3-2-4-6-20)33-16-23-27-15-22(32-23)17-7-11-19(26)12-8-17/h2-15H,16H2,1H3. The largest absolute Gasteiger partial charge is 0.497 e. The van der Waals surface area contributed by atoms with Crippen molar-refractivity contribution in [1.29, 1.82) is 0 Å². The Morgan fingerprint density at radius 3 is 2.36 bits per heavy atom. The van der Waals surface area contributed by atoms with Crippen molar-refractivity contribution in [1.82, 2.24) is 19.7 Å². The van der Waals surface area contributed by atoms with Gasteiger partial charge in [0.05, 0.1) is 19.1 Å². The van der Waals surface area contributed by atoms with Crippen LogP contribution in [0.25, 0.3) is 28.4 Å². The van der Waals surface area contributed by atoms with Crippen molar-refractivity contribution in [3.05, 3.63) is 96.0 Å². The fraction of sp³-hybridized carbons (Fsp3) is 0.0800. The van der Waals surface area contributed by atoms with E-state index in [4.69, 9.17) is 20.8 Å². The van der Waals surface area contributed by atoms with Crippen molar-refractivity contribution in [2.45, 2.75) is 10.9 Å². The minimum absolute atomic E-state index is 0.515. The van der Waals surface area contributed by atoms with E-state index >= 15 is 0 Å². The summed E-state index contributed by atoms with van der Waals surface area (Å²) in [7, 11) is 1.65. The topological polar surface area (TPSA) is 66.0 Å². The summed E-state index contributed by atoms with van der Waals surface area (Å²) in [4.78, 5) is 4.42. The number of benzene rings is 3. The number of methoxy groups -OCH3 is 1. The molecule has 8 heteroatoms. The molecule has 164 valence electrons. The molecule has 0 atom stereocenters. The van der Waals surface area contributed by atoms with Crippen LogP contribution in [0.3, 0.4) is 0 Å². The molecule has 5 rings (SSSR count). The number of hydrogen-bond donors (Lipinski definition) is 0. The second-order valence-corrected chi connectivity index (χ2v) is 8.50. The number of halogens is 1. The van der Waals surface area contributed by atoms with Gasteiger partial charge in [-0.2, -0.15) is 0 Å². The highest BCUT2D eigenvalue weighted by molar-refractivity contribution is 7.98. The molecule has 0 aliphatic rings. The molecular formula is C25H19ClN4O2S. The summed E-state index contributed by atoms with van der Waals surface area (Å²) >= 11 is 7.49. The van der Waals surface area contributed by atoms with Crippen LogP contribution < -0.4 is 4.74 Å². The van der Waals surface area contributed by atoms with E-state index < -0.39 is 0 Å². The van der Waals surface area contributed by atoms with Crippen LogP contribution in [0.4, 0.5) is 0 Å². The highest BCUT2D eigenvalue weighted by atomic mass is 35.5. The van der Waals surface area contributed by atoms with E-state index in [1.54, 1.807) is 13.3 Å². The van der Waals surface area contributed by atoms with Crippen LogP contribution in [0.15, 0.2) is 94.6 Å². The Morgan fingerprint density at radius 2 is 1.64 bits per heavy atom. The van der Waals surface area contributed by atoms with Crippen LogP contribution in [0, 0.1) is 0 Å². The molecule has 5 aromatic rings. The van der Waals surface area contributed by atoms with E-state index in [9.17, 15) is 0 Å².